The van der Waals surface area contributed by atoms with Gasteiger partial charge in [-0.05, 0) is 12.8 Å². The highest BCUT2D eigenvalue weighted by atomic mass is 16.5. The highest BCUT2D eigenvalue weighted by molar-refractivity contribution is 5.84. The molecule has 1 saturated heterocycles. The van der Waals surface area contributed by atoms with Crippen LogP contribution in [0.3, 0.4) is 0 Å². The molecule has 0 bridgehead atoms. The number of methoxy groups -OCH3 is 1. The predicted octanol–water partition coefficient (Wildman–Crippen LogP) is 1.77. The summed E-state index contributed by atoms with van der Waals surface area (Å²) in [6, 6.07) is 0.00507. The zero-order valence-corrected chi connectivity index (χ0v) is 13.2. The summed E-state index contributed by atoms with van der Waals surface area (Å²) < 4.78 is 10.4. The molecule has 1 N–H and O–H groups in total. The minimum atomic E-state index is 0.00507. The molecule has 1 heterocycles. The van der Waals surface area contributed by atoms with E-state index in [-0.39, 0.29) is 18.1 Å². The molecule has 118 valence electrons. The van der Waals surface area contributed by atoms with E-state index in [1.165, 1.54) is 0 Å². The molecule has 1 amide bonds. The molecule has 0 spiro atoms. The van der Waals surface area contributed by atoms with Crippen LogP contribution in [0.25, 0.3) is 0 Å². The van der Waals surface area contributed by atoms with Crippen molar-refractivity contribution < 1.29 is 14.3 Å². The molecule has 20 heavy (non-hydrogen) atoms. The van der Waals surface area contributed by atoms with E-state index in [1.807, 2.05) is 4.90 Å². The van der Waals surface area contributed by atoms with Gasteiger partial charge in [-0.15, -0.1) is 0 Å². The fourth-order valence-corrected chi connectivity index (χ4v) is 2.55. The van der Waals surface area contributed by atoms with E-state index in [4.69, 9.17) is 9.47 Å². The molecule has 1 aliphatic rings. The van der Waals surface area contributed by atoms with Gasteiger partial charge in [0, 0.05) is 13.7 Å². The number of amides is 1. The van der Waals surface area contributed by atoms with Crippen LogP contribution in [-0.2, 0) is 14.3 Å². The predicted molar refractivity (Wildman–Crippen MR) is 79.6 cm³/mol. The van der Waals surface area contributed by atoms with Gasteiger partial charge < -0.3 is 14.4 Å². The number of rotatable bonds is 11. The minimum absolute atomic E-state index is 0.00507. The first kappa shape index (κ1) is 17.4. The van der Waals surface area contributed by atoms with E-state index < -0.39 is 0 Å². The van der Waals surface area contributed by atoms with Crippen LogP contribution in [0.1, 0.15) is 46.0 Å². The number of nitrogens with zero attached hydrogens (tertiary/aromatic N) is 1. The average molecular weight is 286 g/mol. The Morgan fingerprint density at radius 3 is 2.60 bits per heavy atom. The van der Waals surface area contributed by atoms with Gasteiger partial charge in [-0.3, -0.25) is 10.1 Å². The lowest BCUT2D eigenvalue weighted by molar-refractivity contribution is -0.131. The maximum atomic E-state index is 12.4. The molecule has 0 aromatic carbocycles. The fraction of sp³-hybridized carbons (Fsp3) is 0.933. The fourth-order valence-electron chi connectivity index (χ4n) is 2.55. The van der Waals surface area contributed by atoms with E-state index in [0.29, 0.717) is 26.4 Å². The largest absolute Gasteiger partial charge is 0.382 e. The van der Waals surface area contributed by atoms with Crippen LogP contribution in [0.4, 0.5) is 0 Å². The van der Waals surface area contributed by atoms with Gasteiger partial charge in [-0.2, -0.15) is 0 Å². The second-order valence-corrected chi connectivity index (χ2v) is 5.30. The van der Waals surface area contributed by atoms with Gasteiger partial charge in [-0.25, -0.2) is 0 Å². The van der Waals surface area contributed by atoms with E-state index in [0.717, 1.165) is 32.1 Å². The molecular formula is C15H30N2O3. The Labute approximate surface area is 123 Å². The van der Waals surface area contributed by atoms with E-state index in [1.54, 1.807) is 7.11 Å². The quantitative estimate of drug-likeness (QED) is 0.588. The Hall–Kier alpha value is -0.650. The van der Waals surface area contributed by atoms with Crippen LogP contribution in [0.2, 0.25) is 0 Å². The molecule has 0 saturated carbocycles. The number of ether oxygens (including phenoxy) is 2. The first-order chi connectivity index (χ1) is 9.74. The summed E-state index contributed by atoms with van der Waals surface area (Å²) in [5.74, 6) is 0.243. The topological polar surface area (TPSA) is 50.8 Å². The SMILES string of the molecule is CCCCC1NC(CCC)N(CCOCCOC)C1=O. The summed E-state index contributed by atoms with van der Waals surface area (Å²) in [5.41, 5.74) is 0. The van der Waals surface area contributed by atoms with Gasteiger partial charge in [0.25, 0.3) is 0 Å². The highest BCUT2D eigenvalue weighted by Gasteiger charge is 2.37. The van der Waals surface area contributed by atoms with E-state index >= 15 is 0 Å². The van der Waals surface area contributed by atoms with Crippen LogP contribution in [-0.4, -0.2) is 56.5 Å². The lowest BCUT2D eigenvalue weighted by Crippen LogP contribution is -2.39. The lowest BCUT2D eigenvalue weighted by Gasteiger charge is -2.23. The molecule has 2 atom stereocenters. The van der Waals surface area contributed by atoms with Gasteiger partial charge in [0.1, 0.15) is 0 Å². The monoisotopic (exact) mass is 286 g/mol. The second-order valence-electron chi connectivity index (χ2n) is 5.30. The maximum Gasteiger partial charge on any atom is 0.241 e. The zero-order chi connectivity index (χ0) is 14.8. The molecule has 1 fully saturated rings. The number of carbonyl (C=O) groups excluding carboxylic acids is 1. The molecular weight excluding hydrogens is 256 g/mol. The Bertz CT molecular complexity index is 274. The molecule has 1 aliphatic heterocycles. The zero-order valence-electron chi connectivity index (χ0n) is 13.2. The molecule has 5 nitrogen and oxygen atoms in total. The smallest absolute Gasteiger partial charge is 0.241 e. The van der Waals surface area contributed by atoms with Crippen molar-refractivity contribution in [1.29, 1.82) is 0 Å². The summed E-state index contributed by atoms with van der Waals surface area (Å²) in [6.07, 6.45) is 5.43. The van der Waals surface area contributed by atoms with Gasteiger partial charge >= 0.3 is 0 Å². The molecule has 1 rings (SSSR count). The molecule has 0 aromatic rings. The summed E-state index contributed by atoms with van der Waals surface area (Å²) in [4.78, 5) is 14.4. The molecule has 0 aromatic heterocycles. The first-order valence-electron chi connectivity index (χ1n) is 7.87. The van der Waals surface area contributed by atoms with Crippen LogP contribution in [0.5, 0.6) is 0 Å². The van der Waals surface area contributed by atoms with Crippen LogP contribution in [0, 0.1) is 0 Å². The van der Waals surface area contributed by atoms with Crippen molar-refractivity contribution in [2.45, 2.75) is 58.2 Å². The third kappa shape index (κ3) is 5.38. The summed E-state index contributed by atoms with van der Waals surface area (Å²) >= 11 is 0. The first-order valence-corrected chi connectivity index (χ1v) is 7.87. The van der Waals surface area contributed by atoms with E-state index in [9.17, 15) is 4.79 Å². The third-order valence-electron chi connectivity index (χ3n) is 3.67. The Morgan fingerprint density at radius 1 is 1.15 bits per heavy atom. The average Bonchev–Trinajstić information content (AvgIpc) is 2.73. The van der Waals surface area contributed by atoms with Crippen molar-refractivity contribution in [1.82, 2.24) is 10.2 Å². The van der Waals surface area contributed by atoms with Crippen molar-refractivity contribution in [3.63, 3.8) is 0 Å². The Balaban J connectivity index is 2.40. The molecule has 0 radical (unpaired) electrons. The van der Waals surface area contributed by atoms with Crippen molar-refractivity contribution >= 4 is 5.91 Å². The Morgan fingerprint density at radius 2 is 1.95 bits per heavy atom. The van der Waals surface area contributed by atoms with Gasteiger partial charge in [0.2, 0.25) is 5.91 Å². The van der Waals surface area contributed by atoms with Crippen LogP contribution < -0.4 is 5.32 Å². The standard InChI is InChI=1S/C15H30N2O3/c1-4-6-8-13-15(18)17(14(16-13)7-5-2)9-10-20-12-11-19-3/h13-14,16H,4-12H2,1-3H3. The van der Waals surface area contributed by atoms with Crippen molar-refractivity contribution in [2.75, 3.05) is 33.5 Å². The molecule has 0 aliphatic carbocycles. The number of unbranched alkanes of at least 4 members (excludes halogenated alkanes) is 1. The van der Waals surface area contributed by atoms with Gasteiger partial charge in [0.05, 0.1) is 32.0 Å². The van der Waals surface area contributed by atoms with Crippen LogP contribution >= 0.6 is 0 Å². The van der Waals surface area contributed by atoms with E-state index in [2.05, 4.69) is 19.2 Å². The highest BCUT2D eigenvalue weighted by Crippen LogP contribution is 2.18. The number of carbonyl (C=O) groups is 1. The minimum Gasteiger partial charge on any atom is -0.382 e. The normalized spacial score (nSPS) is 22.8. The van der Waals surface area contributed by atoms with Crippen LogP contribution in [0.15, 0.2) is 0 Å². The second kappa shape index (κ2) is 10.1. The maximum absolute atomic E-state index is 12.4. The number of hydrogen-bond acceptors (Lipinski definition) is 4. The Kier molecular flexibility index (Phi) is 8.82. The molecule has 2 unspecified atom stereocenters. The number of nitrogens with one attached hydrogen (secondary N) is 1. The summed E-state index contributed by atoms with van der Waals surface area (Å²) in [7, 11) is 1.66. The lowest BCUT2D eigenvalue weighted by atomic mass is 10.1. The van der Waals surface area contributed by atoms with Crippen molar-refractivity contribution in [3.8, 4) is 0 Å². The van der Waals surface area contributed by atoms with Crippen molar-refractivity contribution in [3.05, 3.63) is 0 Å². The number of hydrogen-bond donors (Lipinski definition) is 1. The third-order valence-corrected chi connectivity index (χ3v) is 3.67. The van der Waals surface area contributed by atoms with Gasteiger partial charge in [-0.1, -0.05) is 33.1 Å². The van der Waals surface area contributed by atoms with Gasteiger partial charge in [0.15, 0.2) is 0 Å². The van der Waals surface area contributed by atoms with Crippen molar-refractivity contribution in [2.24, 2.45) is 0 Å². The molecule has 5 heteroatoms. The summed E-state index contributed by atoms with van der Waals surface area (Å²) in [5, 5.41) is 3.47. The summed E-state index contributed by atoms with van der Waals surface area (Å²) in [6.45, 7) is 6.75.